The van der Waals surface area contributed by atoms with Gasteiger partial charge in [0.1, 0.15) is 0 Å². The second-order valence-electron chi connectivity index (χ2n) is 5.31. The summed E-state index contributed by atoms with van der Waals surface area (Å²) >= 11 is 1.77. The van der Waals surface area contributed by atoms with Crippen molar-refractivity contribution in [3.8, 4) is 0 Å². The van der Waals surface area contributed by atoms with Gasteiger partial charge in [-0.1, -0.05) is 6.07 Å². The molecule has 2 aromatic heterocycles. The van der Waals surface area contributed by atoms with E-state index in [2.05, 4.69) is 27.9 Å². The lowest BCUT2D eigenvalue weighted by Gasteiger charge is -2.05. The van der Waals surface area contributed by atoms with E-state index in [4.69, 9.17) is 0 Å². The number of nitrogens with zero attached hydrogens (tertiary/aromatic N) is 2. The third-order valence-corrected chi connectivity index (χ3v) is 4.70. The molecule has 2 rings (SSSR count). The van der Waals surface area contributed by atoms with Crippen molar-refractivity contribution in [1.82, 2.24) is 15.1 Å². The van der Waals surface area contributed by atoms with Crippen molar-refractivity contribution in [2.45, 2.75) is 39.5 Å². The Hall–Kier alpha value is -1.62. The van der Waals surface area contributed by atoms with Gasteiger partial charge in [-0.05, 0) is 50.1 Å². The zero-order valence-electron chi connectivity index (χ0n) is 13.0. The fourth-order valence-electron chi connectivity index (χ4n) is 2.45. The van der Waals surface area contributed by atoms with Crippen LogP contribution in [0.1, 0.15) is 34.7 Å². The van der Waals surface area contributed by atoms with Crippen LogP contribution in [0, 0.1) is 13.8 Å². The van der Waals surface area contributed by atoms with E-state index in [-0.39, 0.29) is 5.91 Å². The van der Waals surface area contributed by atoms with E-state index >= 15 is 0 Å². The van der Waals surface area contributed by atoms with Crippen molar-refractivity contribution < 1.29 is 4.79 Å². The van der Waals surface area contributed by atoms with E-state index in [1.165, 1.54) is 10.4 Å². The van der Waals surface area contributed by atoms with Crippen molar-refractivity contribution in [2.75, 3.05) is 6.54 Å². The van der Waals surface area contributed by atoms with Gasteiger partial charge in [0.15, 0.2) is 0 Å². The van der Waals surface area contributed by atoms with Gasteiger partial charge in [-0.25, -0.2) is 0 Å². The number of aryl methyl sites for hydroxylation is 3. The first kappa shape index (κ1) is 15.8. The summed E-state index contributed by atoms with van der Waals surface area (Å²) in [6, 6.07) is 4.21. The van der Waals surface area contributed by atoms with Crippen LogP contribution in [0.15, 0.2) is 17.5 Å². The second-order valence-corrected chi connectivity index (χ2v) is 6.34. The molecule has 1 N–H and O–H groups in total. The molecule has 2 aromatic rings. The monoisotopic (exact) mass is 305 g/mol. The molecule has 0 saturated heterocycles. The number of amides is 1. The molecular formula is C16H23N3OS. The fraction of sp³-hybridized carbons (Fsp3) is 0.500. The quantitative estimate of drug-likeness (QED) is 0.800. The summed E-state index contributed by atoms with van der Waals surface area (Å²) in [5, 5.41) is 9.47. The minimum atomic E-state index is 0.129. The Morgan fingerprint density at radius 3 is 2.81 bits per heavy atom. The van der Waals surface area contributed by atoms with E-state index in [9.17, 15) is 4.79 Å². The molecule has 2 heterocycles. The van der Waals surface area contributed by atoms with Crippen molar-refractivity contribution in [3.05, 3.63) is 39.3 Å². The van der Waals surface area contributed by atoms with Crippen LogP contribution in [-0.2, 0) is 24.7 Å². The minimum Gasteiger partial charge on any atom is -0.356 e. The topological polar surface area (TPSA) is 46.9 Å². The van der Waals surface area contributed by atoms with Crippen LogP contribution >= 0.6 is 11.3 Å². The molecule has 114 valence electrons. The number of rotatable bonds is 7. The number of carbonyl (C=O) groups excluding carboxylic acids is 1. The lowest BCUT2D eigenvalue weighted by Crippen LogP contribution is -2.25. The van der Waals surface area contributed by atoms with E-state index < -0.39 is 0 Å². The molecule has 0 aromatic carbocycles. The van der Waals surface area contributed by atoms with Crippen LogP contribution in [0.3, 0.4) is 0 Å². The van der Waals surface area contributed by atoms with Gasteiger partial charge >= 0.3 is 0 Å². The smallest absolute Gasteiger partial charge is 0.220 e. The highest BCUT2D eigenvalue weighted by Gasteiger charge is 2.11. The number of carbonyl (C=O) groups is 1. The van der Waals surface area contributed by atoms with Crippen LogP contribution < -0.4 is 5.32 Å². The van der Waals surface area contributed by atoms with E-state index in [1.54, 1.807) is 11.3 Å². The molecule has 21 heavy (non-hydrogen) atoms. The molecule has 0 atom stereocenters. The summed E-state index contributed by atoms with van der Waals surface area (Å²) in [6.07, 6.45) is 3.34. The molecule has 0 aliphatic rings. The summed E-state index contributed by atoms with van der Waals surface area (Å²) in [4.78, 5) is 13.3. The summed E-state index contributed by atoms with van der Waals surface area (Å²) in [5.74, 6) is 0.129. The normalized spacial score (nSPS) is 10.8. The van der Waals surface area contributed by atoms with Gasteiger partial charge in [0.2, 0.25) is 5.91 Å². The maximum atomic E-state index is 11.9. The molecule has 0 spiro atoms. The molecule has 0 bridgehead atoms. The fourth-order valence-corrected chi connectivity index (χ4v) is 3.20. The van der Waals surface area contributed by atoms with Crippen LogP contribution in [-0.4, -0.2) is 22.2 Å². The van der Waals surface area contributed by atoms with Crippen LogP contribution in [0.2, 0.25) is 0 Å². The largest absolute Gasteiger partial charge is 0.356 e. The van der Waals surface area contributed by atoms with Crippen molar-refractivity contribution >= 4 is 17.2 Å². The van der Waals surface area contributed by atoms with Crippen molar-refractivity contribution in [2.24, 2.45) is 7.05 Å². The predicted octanol–water partition coefficient (Wildman–Crippen LogP) is 2.78. The Kier molecular flexibility index (Phi) is 5.56. The first-order valence-corrected chi connectivity index (χ1v) is 8.24. The zero-order valence-corrected chi connectivity index (χ0v) is 13.8. The van der Waals surface area contributed by atoms with Gasteiger partial charge in [0, 0.05) is 30.6 Å². The highest BCUT2D eigenvalue weighted by molar-refractivity contribution is 7.09. The Morgan fingerprint density at radius 2 is 2.19 bits per heavy atom. The van der Waals surface area contributed by atoms with Gasteiger partial charge in [-0.3, -0.25) is 9.48 Å². The van der Waals surface area contributed by atoms with Gasteiger partial charge in [0.05, 0.1) is 5.69 Å². The Labute approximate surface area is 130 Å². The Morgan fingerprint density at radius 1 is 1.38 bits per heavy atom. The van der Waals surface area contributed by atoms with Crippen molar-refractivity contribution in [3.63, 3.8) is 0 Å². The average Bonchev–Trinajstić information content (AvgIpc) is 3.03. The number of nitrogens with one attached hydrogen (secondary N) is 1. The molecule has 0 aliphatic carbocycles. The zero-order chi connectivity index (χ0) is 15.2. The molecule has 0 radical (unpaired) electrons. The number of hydrogen-bond donors (Lipinski definition) is 1. The lowest BCUT2D eigenvalue weighted by atomic mass is 10.1. The highest BCUT2D eigenvalue weighted by atomic mass is 32.1. The number of thiophene rings is 1. The van der Waals surface area contributed by atoms with Gasteiger partial charge in [-0.15, -0.1) is 11.3 Å². The molecule has 0 fully saturated rings. The second kappa shape index (κ2) is 7.41. The molecular weight excluding hydrogens is 282 g/mol. The summed E-state index contributed by atoms with van der Waals surface area (Å²) in [6.45, 7) is 4.80. The molecule has 0 aliphatic heterocycles. The van der Waals surface area contributed by atoms with E-state index in [0.717, 1.165) is 37.2 Å². The predicted molar refractivity (Wildman–Crippen MR) is 86.7 cm³/mol. The van der Waals surface area contributed by atoms with Crippen LogP contribution in [0.25, 0.3) is 0 Å². The number of aromatic nitrogens is 2. The summed E-state index contributed by atoms with van der Waals surface area (Å²) < 4.78 is 1.88. The van der Waals surface area contributed by atoms with Crippen molar-refractivity contribution in [1.29, 1.82) is 0 Å². The first-order valence-electron chi connectivity index (χ1n) is 7.36. The molecule has 4 nitrogen and oxygen atoms in total. The van der Waals surface area contributed by atoms with E-state index in [1.807, 2.05) is 25.6 Å². The Bertz CT molecular complexity index is 587. The lowest BCUT2D eigenvalue weighted by molar-refractivity contribution is -0.121. The molecule has 0 unspecified atom stereocenters. The van der Waals surface area contributed by atoms with Gasteiger partial charge in [0.25, 0.3) is 0 Å². The van der Waals surface area contributed by atoms with Gasteiger partial charge in [-0.2, -0.15) is 5.10 Å². The summed E-state index contributed by atoms with van der Waals surface area (Å²) in [7, 11) is 1.94. The van der Waals surface area contributed by atoms with Crippen LogP contribution in [0.4, 0.5) is 0 Å². The van der Waals surface area contributed by atoms with Crippen LogP contribution in [0.5, 0.6) is 0 Å². The standard InChI is InChI=1S/C16H23N3OS/c1-12-15(13(2)19(3)18-12)8-9-16(20)17-10-4-6-14-7-5-11-21-14/h5,7,11H,4,6,8-10H2,1-3H3,(H,17,20). The molecule has 5 heteroatoms. The number of hydrogen-bond acceptors (Lipinski definition) is 3. The highest BCUT2D eigenvalue weighted by Crippen LogP contribution is 2.14. The molecule has 0 saturated carbocycles. The van der Waals surface area contributed by atoms with E-state index in [0.29, 0.717) is 6.42 Å². The molecule has 1 amide bonds. The Balaban J connectivity index is 1.67. The summed E-state index contributed by atoms with van der Waals surface area (Å²) in [5.41, 5.74) is 3.38. The van der Waals surface area contributed by atoms with Gasteiger partial charge < -0.3 is 5.32 Å². The maximum absolute atomic E-state index is 11.9. The third-order valence-electron chi connectivity index (χ3n) is 3.76. The first-order chi connectivity index (χ1) is 10.1. The average molecular weight is 305 g/mol. The maximum Gasteiger partial charge on any atom is 0.220 e. The minimum absolute atomic E-state index is 0.129. The third kappa shape index (κ3) is 4.43. The SMILES string of the molecule is Cc1nn(C)c(C)c1CCC(=O)NCCCc1cccs1.